The maximum Gasteiger partial charge on any atom is 0.124 e. The number of azo groups is 1. The molecule has 126 valence electrons. The molecule has 26 heavy (non-hydrogen) atoms. The predicted molar refractivity (Wildman–Crippen MR) is 104 cm³/mol. The summed E-state index contributed by atoms with van der Waals surface area (Å²) in [5, 5.41) is 20.4. The molecule has 0 atom stereocenters. The van der Waals surface area contributed by atoms with E-state index in [1.54, 1.807) is 30.5 Å². The maximum absolute atomic E-state index is 9.91. The van der Waals surface area contributed by atoms with Crippen molar-refractivity contribution in [1.29, 1.82) is 0 Å². The number of hydrogen-bond acceptors (Lipinski definition) is 5. The second-order valence-corrected chi connectivity index (χ2v) is 5.84. The van der Waals surface area contributed by atoms with Crippen LogP contribution in [0.2, 0.25) is 0 Å². The normalized spacial score (nSPS) is 11.2. The number of nitrogens with two attached hydrogens (primary N) is 1. The number of para-hydroxylation sites is 1. The van der Waals surface area contributed by atoms with E-state index in [1.807, 2.05) is 48.5 Å². The molecule has 1 heterocycles. The quantitative estimate of drug-likeness (QED) is 0.376. The molecule has 0 aliphatic carbocycles. The lowest BCUT2D eigenvalue weighted by Crippen LogP contribution is -1.87. The Morgan fingerprint density at radius 1 is 0.808 bits per heavy atom. The van der Waals surface area contributed by atoms with Gasteiger partial charge in [-0.05, 0) is 35.7 Å². The highest BCUT2D eigenvalue weighted by atomic mass is 16.3. The lowest BCUT2D eigenvalue weighted by Gasteiger charge is -2.05. The number of pyridine rings is 1. The summed E-state index contributed by atoms with van der Waals surface area (Å²) >= 11 is 0. The number of anilines is 1. The Labute approximate surface area is 150 Å². The number of benzene rings is 3. The highest BCUT2D eigenvalue weighted by Crippen LogP contribution is 2.32. The first kappa shape index (κ1) is 15.8. The van der Waals surface area contributed by atoms with Crippen molar-refractivity contribution in [3.63, 3.8) is 0 Å². The molecule has 0 bridgehead atoms. The largest absolute Gasteiger partial charge is 0.507 e. The molecular weight excluding hydrogens is 324 g/mol. The third-order valence-corrected chi connectivity index (χ3v) is 4.15. The molecule has 0 aliphatic heterocycles. The van der Waals surface area contributed by atoms with Crippen LogP contribution in [-0.2, 0) is 0 Å². The van der Waals surface area contributed by atoms with Crippen molar-refractivity contribution in [3.05, 3.63) is 79.0 Å². The van der Waals surface area contributed by atoms with E-state index in [0.29, 0.717) is 28.3 Å². The Morgan fingerprint density at radius 3 is 2.42 bits per heavy atom. The van der Waals surface area contributed by atoms with Gasteiger partial charge in [0.25, 0.3) is 0 Å². The molecule has 0 radical (unpaired) electrons. The Morgan fingerprint density at radius 2 is 1.62 bits per heavy atom. The van der Waals surface area contributed by atoms with E-state index in [9.17, 15) is 5.11 Å². The molecule has 3 aromatic carbocycles. The van der Waals surface area contributed by atoms with Crippen molar-refractivity contribution < 1.29 is 5.11 Å². The smallest absolute Gasteiger partial charge is 0.124 e. The van der Waals surface area contributed by atoms with Crippen LogP contribution in [0.5, 0.6) is 5.75 Å². The Kier molecular flexibility index (Phi) is 4.03. The summed E-state index contributed by atoms with van der Waals surface area (Å²) in [6, 6.07) is 22.4. The minimum absolute atomic E-state index is 0.193. The molecule has 0 saturated carbocycles. The van der Waals surface area contributed by atoms with E-state index in [-0.39, 0.29) is 5.75 Å². The number of nitrogen functional groups attached to an aromatic ring is 1. The highest BCUT2D eigenvalue weighted by Gasteiger charge is 2.05. The molecule has 4 rings (SSSR count). The van der Waals surface area contributed by atoms with Gasteiger partial charge in [0.05, 0.1) is 17.6 Å². The van der Waals surface area contributed by atoms with Crippen LogP contribution in [0, 0.1) is 0 Å². The summed E-state index contributed by atoms with van der Waals surface area (Å²) in [5.74, 6) is 0.193. The topological polar surface area (TPSA) is 83.9 Å². The zero-order valence-corrected chi connectivity index (χ0v) is 13.9. The Hall–Kier alpha value is -3.73. The Bertz CT molecular complexity index is 1100. The van der Waals surface area contributed by atoms with Crippen LogP contribution < -0.4 is 5.73 Å². The third-order valence-electron chi connectivity index (χ3n) is 4.15. The van der Waals surface area contributed by atoms with Crippen LogP contribution in [0.15, 0.2) is 89.2 Å². The third kappa shape index (κ3) is 2.98. The van der Waals surface area contributed by atoms with Crippen molar-refractivity contribution in [2.75, 3.05) is 5.73 Å². The maximum atomic E-state index is 9.91. The molecule has 0 unspecified atom stereocenters. The average molecular weight is 340 g/mol. The fourth-order valence-corrected chi connectivity index (χ4v) is 2.78. The van der Waals surface area contributed by atoms with E-state index < -0.39 is 0 Å². The van der Waals surface area contributed by atoms with Crippen LogP contribution in [0.4, 0.5) is 17.1 Å². The molecule has 0 aliphatic rings. The van der Waals surface area contributed by atoms with Crippen molar-refractivity contribution in [1.82, 2.24) is 4.98 Å². The van der Waals surface area contributed by atoms with Crippen LogP contribution in [-0.4, -0.2) is 10.1 Å². The summed E-state index contributed by atoms with van der Waals surface area (Å²) in [4.78, 5) is 4.35. The molecule has 4 aromatic rings. The van der Waals surface area contributed by atoms with Gasteiger partial charge >= 0.3 is 0 Å². The van der Waals surface area contributed by atoms with Crippen molar-refractivity contribution in [3.8, 4) is 17.0 Å². The van der Waals surface area contributed by atoms with Crippen molar-refractivity contribution >= 4 is 27.8 Å². The number of fused-ring (bicyclic) bond motifs is 1. The number of phenolic OH excluding ortho intramolecular Hbond substituents is 1. The van der Waals surface area contributed by atoms with Crippen molar-refractivity contribution in [2.45, 2.75) is 0 Å². The van der Waals surface area contributed by atoms with Gasteiger partial charge in [-0.3, -0.25) is 4.98 Å². The fraction of sp³-hybridized carbons (Fsp3) is 0. The van der Waals surface area contributed by atoms with Crippen LogP contribution in [0.3, 0.4) is 0 Å². The standard InChI is InChI=1S/C21H16N4O/c22-21-16-6-2-1-5-14(16)9-11-19(21)25-24-15-10-12-18(23-13-15)17-7-3-4-8-20(17)26/h1-13,26H,22H2. The van der Waals surface area contributed by atoms with Gasteiger partial charge in [0.2, 0.25) is 0 Å². The zero-order valence-electron chi connectivity index (χ0n) is 13.9. The summed E-state index contributed by atoms with van der Waals surface area (Å²) < 4.78 is 0. The van der Waals surface area contributed by atoms with E-state index >= 15 is 0 Å². The van der Waals surface area contributed by atoms with E-state index in [2.05, 4.69) is 15.2 Å². The van der Waals surface area contributed by atoms with Gasteiger partial charge in [-0.15, -0.1) is 10.2 Å². The van der Waals surface area contributed by atoms with Gasteiger partial charge in [0, 0.05) is 10.9 Å². The first-order chi connectivity index (χ1) is 12.7. The van der Waals surface area contributed by atoms with Gasteiger partial charge in [-0.25, -0.2) is 0 Å². The number of nitrogens with zero attached hydrogens (tertiary/aromatic N) is 3. The van der Waals surface area contributed by atoms with Crippen LogP contribution >= 0.6 is 0 Å². The van der Waals surface area contributed by atoms with Gasteiger partial charge in [-0.2, -0.15) is 0 Å². The lowest BCUT2D eigenvalue weighted by molar-refractivity contribution is 0.477. The van der Waals surface area contributed by atoms with E-state index in [0.717, 1.165) is 10.8 Å². The number of aromatic nitrogens is 1. The fourth-order valence-electron chi connectivity index (χ4n) is 2.78. The SMILES string of the molecule is Nc1c(N=Nc2ccc(-c3ccccc3O)nc2)ccc2ccccc12. The van der Waals surface area contributed by atoms with Gasteiger partial charge in [0.1, 0.15) is 17.1 Å². The molecule has 1 aromatic heterocycles. The molecular formula is C21H16N4O. The molecule has 5 heteroatoms. The van der Waals surface area contributed by atoms with Gasteiger partial charge in [0.15, 0.2) is 0 Å². The first-order valence-electron chi connectivity index (χ1n) is 8.16. The van der Waals surface area contributed by atoms with Gasteiger partial charge < -0.3 is 10.8 Å². The second-order valence-electron chi connectivity index (χ2n) is 5.84. The monoisotopic (exact) mass is 340 g/mol. The molecule has 0 fully saturated rings. The zero-order chi connectivity index (χ0) is 17.9. The van der Waals surface area contributed by atoms with Crippen LogP contribution in [0.25, 0.3) is 22.0 Å². The number of phenols is 1. The average Bonchev–Trinajstić information content (AvgIpc) is 2.69. The minimum Gasteiger partial charge on any atom is -0.507 e. The van der Waals surface area contributed by atoms with Crippen molar-refractivity contribution in [2.24, 2.45) is 10.2 Å². The minimum atomic E-state index is 0.193. The first-order valence-corrected chi connectivity index (χ1v) is 8.16. The van der Waals surface area contributed by atoms with Crippen LogP contribution in [0.1, 0.15) is 0 Å². The number of rotatable bonds is 3. The summed E-state index contributed by atoms with van der Waals surface area (Å²) in [6.45, 7) is 0. The Balaban J connectivity index is 1.62. The number of aromatic hydroxyl groups is 1. The molecule has 0 saturated heterocycles. The summed E-state index contributed by atoms with van der Waals surface area (Å²) in [6.07, 6.45) is 1.61. The molecule has 0 spiro atoms. The predicted octanol–water partition coefficient (Wildman–Crippen LogP) is 5.61. The number of hydrogen-bond donors (Lipinski definition) is 2. The molecule has 3 N–H and O–H groups in total. The molecule has 0 amide bonds. The van der Waals surface area contributed by atoms with E-state index in [4.69, 9.17) is 5.73 Å². The highest BCUT2D eigenvalue weighted by molar-refractivity contribution is 5.97. The summed E-state index contributed by atoms with van der Waals surface area (Å²) in [7, 11) is 0. The molecule has 5 nitrogen and oxygen atoms in total. The lowest BCUT2D eigenvalue weighted by atomic mass is 10.1. The second kappa shape index (κ2) is 6.64. The van der Waals surface area contributed by atoms with E-state index in [1.165, 1.54) is 0 Å². The van der Waals surface area contributed by atoms with Gasteiger partial charge in [-0.1, -0.05) is 42.5 Å². The summed E-state index contributed by atoms with van der Waals surface area (Å²) in [5.41, 5.74) is 9.38.